The lowest BCUT2D eigenvalue weighted by Crippen LogP contribution is -2.60. The van der Waals surface area contributed by atoms with Gasteiger partial charge in [0.15, 0.2) is 0 Å². The molecule has 1 aromatic rings. The molecule has 0 N–H and O–H groups in total. The Hall–Kier alpha value is -1.97. The third-order valence-corrected chi connectivity index (χ3v) is 4.47. The third kappa shape index (κ3) is 3.83. The number of rotatable bonds is 3. The SMILES string of the molecule is COCC(=O)N1CCOC2(C1)CN(C(=O)c1cncn1C)CCCO2. The van der Waals surface area contributed by atoms with Crippen molar-refractivity contribution < 1.29 is 23.8 Å². The number of hydrogen-bond donors (Lipinski definition) is 0. The summed E-state index contributed by atoms with van der Waals surface area (Å²) >= 11 is 0. The minimum atomic E-state index is -0.994. The van der Waals surface area contributed by atoms with E-state index in [1.807, 2.05) is 0 Å². The Morgan fingerprint density at radius 2 is 2.00 bits per heavy atom. The zero-order valence-corrected chi connectivity index (χ0v) is 14.6. The summed E-state index contributed by atoms with van der Waals surface area (Å²) in [5.41, 5.74) is 0.514. The second kappa shape index (κ2) is 7.51. The van der Waals surface area contributed by atoms with Crippen molar-refractivity contribution >= 4 is 11.8 Å². The number of aromatic nitrogens is 2. The highest BCUT2D eigenvalue weighted by Gasteiger charge is 2.43. The average Bonchev–Trinajstić information content (AvgIpc) is 2.93. The van der Waals surface area contributed by atoms with Gasteiger partial charge in [-0.1, -0.05) is 0 Å². The molecule has 2 fully saturated rings. The molecule has 0 bridgehead atoms. The van der Waals surface area contributed by atoms with Crippen LogP contribution in [-0.2, 0) is 26.1 Å². The first-order valence-electron chi connectivity index (χ1n) is 8.35. The molecule has 2 aliphatic rings. The fourth-order valence-corrected chi connectivity index (χ4v) is 3.20. The van der Waals surface area contributed by atoms with Crippen molar-refractivity contribution in [3.63, 3.8) is 0 Å². The summed E-state index contributed by atoms with van der Waals surface area (Å²) in [5.74, 6) is -1.22. The van der Waals surface area contributed by atoms with Crippen molar-refractivity contribution in [2.75, 3.05) is 53.1 Å². The molecule has 2 amide bonds. The van der Waals surface area contributed by atoms with Crippen LogP contribution >= 0.6 is 0 Å². The molecular weight excluding hydrogens is 328 g/mol. The molecule has 3 heterocycles. The van der Waals surface area contributed by atoms with Gasteiger partial charge >= 0.3 is 0 Å². The van der Waals surface area contributed by atoms with E-state index in [9.17, 15) is 9.59 Å². The van der Waals surface area contributed by atoms with E-state index in [4.69, 9.17) is 14.2 Å². The minimum absolute atomic E-state index is 0.0216. The maximum absolute atomic E-state index is 12.8. The van der Waals surface area contributed by atoms with Gasteiger partial charge in [-0.05, 0) is 6.42 Å². The van der Waals surface area contributed by atoms with Crippen molar-refractivity contribution in [1.29, 1.82) is 0 Å². The number of amides is 2. The number of ether oxygens (including phenoxy) is 3. The van der Waals surface area contributed by atoms with Gasteiger partial charge in [0.2, 0.25) is 11.7 Å². The summed E-state index contributed by atoms with van der Waals surface area (Å²) in [6.45, 7) is 2.47. The number of hydrogen-bond acceptors (Lipinski definition) is 6. The summed E-state index contributed by atoms with van der Waals surface area (Å²) in [6, 6.07) is 0. The maximum atomic E-state index is 12.8. The van der Waals surface area contributed by atoms with Crippen molar-refractivity contribution in [3.8, 4) is 0 Å². The summed E-state index contributed by atoms with van der Waals surface area (Å²) in [4.78, 5) is 32.4. The molecule has 25 heavy (non-hydrogen) atoms. The zero-order chi connectivity index (χ0) is 17.9. The fraction of sp³-hybridized carbons (Fsp3) is 0.688. The predicted octanol–water partition coefficient (Wildman–Crippen LogP) is -0.516. The molecule has 1 atom stereocenters. The van der Waals surface area contributed by atoms with Crippen LogP contribution in [0, 0.1) is 0 Å². The van der Waals surface area contributed by atoms with Crippen molar-refractivity contribution in [3.05, 3.63) is 18.2 Å². The molecule has 0 saturated carbocycles. The van der Waals surface area contributed by atoms with Gasteiger partial charge in [0.05, 0.1) is 38.8 Å². The zero-order valence-electron chi connectivity index (χ0n) is 14.6. The highest BCUT2D eigenvalue weighted by atomic mass is 16.7. The predicted molar refractivity (Wildman–Crippen MR) is 86.8 cm³/mol. The van der Waals surface area contributed by atoms with E-state index in [0.29, 0.717) is 38.4 Å². The van der Waals surface area contributed by atoms with Gasteiger partial charge < -0.3 is 28.6 Å². The Bertz CT molecular complexity index is 634. The van der Waals surface area contributed by atoms with Crippen LogP contribution in [0.5, 0.6) is 0 Å². The molecule has 1 unspecified atom stereocenters. The molecule has 9 nitrogen and oxygen atoms in total. The van der Waals surface area contributed by atoms with E-state index in [-0.39, 0.29) is 31.5 Å². The highest BCUT2D eigenvalue weighted by molar-refractivity contribution is 5.92. The minimum Gasteiger partial charge on any atom is -0.375 e. The van der Waals surface area contributed by atoms with Gasteiger partial charge in [-0.15, -0.1) is 0 Å². The van der Waals surface area contributed by atoms with Crippen LogP contribution in [0.15, 0.2) is 12.5 Å². The summed E-state index contributed by atoms with van der Waals surface area (Å²) in [6.07, 6.45) is 3.86. The summed E-state index contributed by atoms with van der Waals surface area (Å²) < 4.78 is 18.5. The van der Waals surface area contributed by atoms with Crippen LogP contribution in [0.1, 0.15) is 16.9 Å². The number of nitrogens with zero attached hydrogens (tertiary/aromatic N) is 4. The second-order valence-electron chi connectivity index (χ2n) is 6.33. The molecule has 0 aromatic carbocycles. The van der Waals surface area contributed by atoms with Crippen molar-refractivity contribution in [2.24, 2.45) is 7.05 Å². The molecule has 1 aromatic heterocycles. The van der Waals surface area contributed by atoms with Gasteiger partial charge in [-0.2, -0.15) is 0 Å². The largest absolute Gasteiger partial charge is 0.375 e. The smallest absolute Gasteiger partial charge is 0.272 e. The molecule has 9 heteroatoms. The molecule has 2 saturated heterocycles. The van der Waals surface area contributed by atoms with E-state index >= 15 is 0 Å². The number of imidazole rings is 1. The summed E-state index contributed by atoms with van der Waals surface area (Å²) in [5, 5.41) is 0. The quantitative estimate of drug-likeness (QED) is 0.728. The average molecular weight is 352 g/mol. The van der Waals surface area contributed by atoms with E-state index in [2.05, 4.69) is 4.98 Å². The van der Waals surface area contributed by atoms with Gasteiger partial charge in [0.25, 0.3) is 5.91 Å². The fourth-order valence-electron chi connectivity index (χ4n) is 3.20. The molecule has 3 rings (SSSR count). The molecular formula is C16H24N4O5. The van der Waals surface area contributed by atoms with E-state index in [0.717, 1.165) is 0 Å². The van der Waals surface area contributed by atoms with Crippen LogP contribution < -0.4 is 0 Å². The Morgan fingerprint density at radius 1 is 1.24 bits per heavy atom. The lowest BCUT2D eigenvalue weighted by Gasteiger charge is -2.43. The topological polar surface area (TPSA) is 86.1 Å². The first-order valence-corrected chi connectivity index (χ1v) is 8.35. The van der Waals surface area contributed by atoms with Crippen LogP contribution in [0.25, 0.3) is 0 Å². The molecule has 2 aliphatic heterocycles. The number of carbonyl (C=O) groups excluding carboxylic acids is 2. The monoisotopic (exact) mass is 352 g/mol. The number of methoxy groups -OCH3 is 1. The lowest BCUT2D eigenvalue weighted by atomic mass is 10.2. The maximum Gasteiger partial charge on any atom is 0.272 e. The van der Waals surface area contributed by atoms with Gasteiger partial charge in [0.1, 0.15) is 12.3 Å². The Balaban J connectivity index is 1.75. The van der Waals surface area contributed by atoms with Crippen LogP contribution in [0.3, 0.4) is 0 Å². The summed E-state index contributed by atoms with van der Waals surface area (Å²) in [7, 11) is 3.27. The van der Waals surface area contributed by atoms with Crippen LogP contribution in [0.4, 0.5) is 0 Å². The van der Waals surface area contributed by atoms with Gasteiger partial charge in [-0.25, -0.2) is 4.98 Å². The van der Waals surface area contributed by atoms with E-state index in [1.165, 1.54) is 7.11 Å². The molecule has 0 aliphatic carbocycles. The van der Waals surface area contributed by atoms with Gasteiger partial charge in [-0.3, -0.25) is 9.59 Å². The van der Waals surface area contributed by atoms with Crippen LogP contribution in [-0.4, -0.2) is 90.1 Å². The Morgan fingerprint density at radius 3 is 2.72 bits per heavy atom. The molecule has 1 spiro atoms. The van der Waals surface area contributed by atoms with E-state index < -0.39 is 5.79 Å². The molecule has 138 valence electrons. The molecule has 0 radical (unpaired) electrons. The Labute approximate surface area is 146 Å². The second-order valence-corrected chi connectivity index (χ2v) is 6.33. The lowest BCUT2D eigenvalue weighted by molar-refractivity contribution is -0.262. The number of carbonyl (C=O) groups is 2. The Kier molecular flexibility index (Phi) is 5.36. The first-order chi connectivity index (χ1) is 12.0. The third-order valence-electron chi connectivity index (χ3n) is 4.47. The van der Waals surface area contributed by atoms with Crippen molar-refractivity contribution in [1.82, 2.24) is 19.4 Å². The highest BCUT2D eigenvalue weighted by Crippen LogP contribution is 2.25. The number of aryl methyl sites for hydroxylation is 1. The first kappa shape index (κ1) is 17.8. The normalized spacial score (nSPS) is 24.4. The van der Waals surface area contributed by atoms with Crippen LogP contribution in [0.2, 0.25) is 0 Å². The van der Waals surface area contributed by atoms with E-state index in [1.54, 1.807) is 33.9 Å². The standard InChI is InChI=1S/C16H24N4O5/c1-18-12-17-8-13(18)15(22)20-4-3-6-24-16(11-20)10-19(5-7-25-16)14(21)9-23-2/h8,12H,3-7,9-11H2,1-2H3. The number of morpholine rings is 1. The van der Waals surface area contributed by atoms with Crippen molar-refractivity contribution in [2.45, 2.75) is 12.2 Å². The van der Waals surface area contributed by atoms with Gasteiger partial charge in [0, 0.05) is 27.2 Å².